The van der Waals surface area contributed by atoms with Crippen LogP contribution in [-0.4, -0.2) is 40.6 Å². The molecule has 0 atom stereocenters. The van der Waals surface area contributed by atoms with E-state index in [0.29, 0.717) is 29.6 Å². The molecule has 1 aliphatic rings. The normalized spacial score (nSPS) is 14.3. The summed E-state index contributed by atoms with van der Waals surface area (Å²) < 4.78 is 12.6. The Morgan fingerprint density at radius 2 is 2.07 bits per heavy atom. The monoisotopic (exact) mass is 430 g/mol. The molecule has 1 aliphatic carbocycles. The van der Waals surface area contributed by atoms with Gasteiger partial charge in [-0.3, -0.25) is 4.79 Å². The molecule has 1 N–H and O–H groups in total. The maximum atomic E-state index is 12.5. The van der Waals surface area contributed by atoms with Crippen LogP contribution in [0.15, 0.2) is 36.0 Å². The van der Waals surface area contributed by atoms with Gasteiger partial charge < -0.3 is 19.4 Å². The van der Waals surface area contributed by atoms with Gasteiger partial charge in [0.15, 0.2) is 5.16 Å². The number of allylic oxidation sites excluding steroid dienone is 1. The van der Waals surface area contributed by atoms with Crippen molar-refractivity contribution in [2.45, 2.75) is 50.2 Å². The average molecular weight is 431 g/mol. The van der Waals surface area contributed by atoms with E-state index in [4.69, 9.17) is 9.47 Å². The smallest absolute Gasteiger partial charge is 0.234 e. The minimum absolute atomic E-state index is 0.145. The number of hydrogen-bond donors (Lipinski definition) is 1. The Morgan fingerprint density at radius 1 is 1.27 bits per heavy atom. The van der Waals surface area contributed by atoms with Crippen molar-refractivity contribution in [3.63, 3.8) is 0 Å². The summed E-state index contributed by atoms with van der Waals surface area (Å²) in [6.45, 7) is 4.50. The van der Waals surface area contributed by atoms with Crippen LogP contribution in [0.4, 0.5) is 5.69 Å². The summed E-state index contributed by atoms with van der Waals surface area (Å²) in [5.41, 5.74) is 0.577. The van der Waals surface area contributed by atoms with Crippen molar-refractivity contribution in [2.75, 3.05) is 25.3 Å². The zero-order chi connectivity index (χ0) is 21.3. The standard InChI is InChI=1S/C22H30N4O3S/c1-4-12-26-20(13-16-8-6-5-7-9-16)24-25-22(26)30-15-21(27)23-18-14-17(28-2)10-11-19(18)29-3/h4,10-11,14,16H,1,5-9,12-13,15H2,2-3H3,(H,23,27). The van der Waals surface area contributed by atoms with Gasteiger partial charge in [-0.2, -0.15) is 0 Å². The first-order valence-electron chi connectivity index (χ1n) is 10.3. The first-order valence-corrected chi connectivity index (χ1v) is 11.3. The van der Waals surface area contributed by atoms with Crippen LogP contribution in [-0.2, 0) is 17.8 Å². The number of amides is 1. The Morgan fingerprint density at radius 3 is 2.77 bits per heavy atom. The number of nitrogens with one attached hydrogen (secondary N) is 1. The summed E-state index contributed by atoms with van der Waals surface area (Å²) in [5.74, 6) is 2.97. The van der Waals surface area contributed by atoms with Gasteiger partial charge in [-0.15, -0.1) is 16.8 Å². The number of hydrogen-bond acceptors (Lipinski definition) is 6. The Balaban J connectivity index is 1.63. The lowest BCUT2D eigenvalue weighted by Gasteiger charge is -2.21. The van der Waals surface area contributed by atoms with Crippen molar-refractivity contribution in [1.82, 2.24) is 14.8 Å². The van der Waals surface area contributed by atoms with Crippen molar-refractivity contribution < 1.29 is 14.3 Å². The number of benzene rings is 1. The highest BCUT2D eigenvalue weighted by Gasteiger charge is 2.20. The molecule has 1 aromatic heterocycles. The molecular weight excluding hydrogens is 400 g/mol. The fraction of sp³-hybridized carbons (Fsp3) is 0.500. The number of methoxy groups -OCH3 is 2. The molecular formula is C22H30N4O3S. The van der Waals surface area contributed by atoms with Crippen LogP contribution in [0, 0.1) is 5.92 Å². The van der Waals surface area contributed by atoms with Crippen molar-refractivity contribution in [3.05, 3.63) is 36.7 Å². The molecule has 3 rings (SSSR count). The van der Waals surface area contributed by atoms with Gasteiger partial charge in [0.25, 0.3) is 0 Å². The first-order chi connectivity index (χ1) is 14.6. The summed E-state index contributed by atoms with van der Waals surface area (Å²) in [6, 6.07) is 5.29. The highest BCUT2D eigenvalue weighted by Crippen LogP contribution is 2.30. The van der Waals surface area contributed by atoms with Crippen LogP contribution >= 0.6 is 11.8 Å². The second kappa shape index (κ2) is 11.1. The van der Waals surface area contributed by atoms with Gasteiger partial charge in [0.2, 0.25) is 5.91 Å². The van der Waals surface area contributed by atoms with E-state index in [1.807, 2.05) is 6.08 Å². The van der Waals surface area contributed by atoms with E-state index in [-0.39, 0.29) is 11.7 Å². The number of nitrogens with zero attached hydrogens (tertiary/aromatic N) is 3. The van der Waals surface area contributed by atoms with Gasteiger partial charge in [-0.05, 0) is 18.1 Å². The molecule has 0 aliphatic heterocycles. The average Bonchev–Trinajstić information content (AvgIpc) is 3.14. The van der Waals surface area contributed by atoms with E-state index >= 15 is 0 Å². The Kier molecular flexibility index (Phi) is 8.19. The van der Waals surface area contributed by atoms with E-state index in [0.717, 1.165) is 17.4 Å². The third-order valence-electron chi connectivity index (χ3n) is 5.31. The summed E-state index contributed by atoms with van der Waals surface area (Å²) in [6.07, 6.45) is 9.24. The lowest BCUT2D eigenvalue weighted by molar-refractivity contribution is -0.113. The minimum Gasteiger partial charge on any atom is -0.497 e. The summed E-state index contributed by atoms with van der Waals surface area (Å²) in [4.78, 5) is 12.5. The number of ether oxygens (including phenoxy) is 2. The number of anilines is 1. The summed E-state index contributed by atoms with van der Waals surface area (Å²) in [7, 11) is 3.15. The molecule has 162 valence electrons. The van der Waals surface area contributed by atoms with E-state index in [1.165, 1.54) is 43.9 Å². The molecule has 0 saturated heterocycles. The maximum absolute atomic E-state index is 12.5. The lowest BCUT2D eigenvalue weighted by Crippen LogP contribution is -2.16. The predicted molar refractivity (Wildman–Crippen MR) is 119 cm³/mol. The van der Waals surface area contributed by atoms with E-state index in [9.17, 15) is 4.79 Å². The zero-order valence-electron chi connectivity index (χ0n) is 17.7. The minimum atomic E-state index is -0.145. The quantitative estimate of drug-likeness (QED) is 0.446. The Hall–Kier alpha value is -2.48. The molecule has 0 spiro atoms. The van der Waals surface area contributed by atoms with Crippen LogP contribution in [0.5, 0.6) is 11.5 Å². The van der Waals surface area contributed by atoms with Crippen LogP contribution in [0.1, 0.15) is 37.9 Å². The van der Waals surface area contributed by atoms with Crippen LogP contribution < -0.4 is 14.8 Å². The molecule has 0 bridgehead atoms. The molecule has 1 amide bonds. The maximum Gasteiger partial charge on any atom is 0.234 e. The number of thioether (sulfide) groups is 1. The van der Waals surface area contributed by atoms with E-state index in [1.54, 1.807) is 32.4 Å². The molecule has 1 aromatic carbocycles. The molecule has 1 saturated carbocycles. The van der Waals surface area contributed by atoms with E-state index in [2.05, 4.69) is 26.7 Å². The molecule has 2 aromatic rings. The van der Waals surface area contributed by atoms with Gasteiger partial charge in [-0.1, -0.05) is 49.9 Å². The van der Waals surface area contributed by atoms with Crippen LogP contribution in [0.2, 0.25) is 0 Å². The molecule has 30 heavy (non-hydrogen) atoms. The topological polar surface area (TPSA) is 78.3 Å². The summed E-state index contributed by atoms with van der Waals surface area (Å²) in [5, 5.41) is 12.4. The largest absolute Gasteiger partial charge is 0.497 e. The number of carbonyl (C=O) groups is 1. The SMILES string of the molecule is C=CCn1c(CC2CCCCC2)nnc1SCC(=O)Nc1cc(OC)ccc1OC. The lowest BCUT2D eigenvalue weighted by atomic mass is 9.87. The van der Waals surface area contributed by atoms with Gasteiger partial charge in [0.1, 0.15) is 17.3 Å². The Bertz CT molecular complexity index is 862. The van der Waals surface area contributed by atoms with Gasteiger partial charge >= 0.3 is 0 Å². The summed E-state index contributed by atoms with van der Waals surface area (Å²) >= 11 is 1.38. The van der Waals surface area contributed by atoms with Gasteiger partial charge in [0, 0.05) is 19.0 Å². The number of rotatable bonds is 10. The molecule has 0 unspecified atom stereocenters. The Labute approximate surface area is 182 Å². The van der Waals surface area contributed by atoms with E-state index < -0.39 is 0 Å². The predicted octanol–water partition coefficient (Wildman–Crippen LogP) is 4.33. The highest BCUT2D eigenvalue weighted by atomic mass is 32.2. The van der Waals surface area contributed by atoms with Crippen molar-refractivity contribution in [2.24, 2.45) is 5.92 Å². The van der Waals surface area contributed by atoms with Crippen molar-refractivity contribution in [1.29, 1.82) is 0 Å². The molecule has 1 heterocycles. The number of aromatic nitrogens is 3. The van der Waals surface area contributed by atoms with Crippen molar-refractivity contribution >= 4 is 23.4 Å². The molecule has 1 fully saturated rings. The molecule has 7 nitrogen and oxygen atoms in total. The number of carbonyl (C=O) groups excluding carboxylic acids is 1. The van der Waals surface area contributed by atoms with Gasteiger partial charge in [-0.25, -0.2) is 0 Å². The third-order valence-corrected chi connectivity index (χ3v) is 6.28. The second-order valence-corrected chi connectivity index (χ2v) is 8.35. The van der Waals surface area contributed by atoms with Crippen LogP contribution in [0.3, 0.4) is 0 Å². The fourth-order valence-corrected chi connectivity index (χ4v) is 4.53. The van der Waals surface area contributed by atoms with Crippen molar-refractivity contribution in [3.8, 4) is 11.5 Å². The fourth-order valence-electron chi connectivity index (χ4n) is 3.77. The first kappa shape index (κ1) is 22.2. The highest BCUT2D eigenvalue weighted by molar-refractivity contribution is 7.99. The molecule has 0 radical (unpaired) electrons. The van der Waals surface area contributed by atoms with Crippen LogP contribution in [0.25, 0.3) is 0 Å². The molecule has 8 heteroatoms. The second-order valence-electron chi connectivity index (χ2n) is 7.41. The zero-order valence-corrected chi connectivity index (χ0v) is 18.5. The van der Waals surface area contributed by atoms with Gasteiger partial charge in [0.05, 0.1) is 25.7 Å². The third kappa shape index (κ3) is 5.78.